The van der Waals surface area contributed by atoms with E-state index in [1.165, 1.54) is 0 Å². The Morgan fingerprint density at radius 1 is 1.23 bits per heavy atom. The van der Waals surface area contributed by atoms with Gasteiger partial charge in [0.25, 0.3) is 0 Å². The normalized spacial score (nSPS) is 25.1. The molecule has 2 aromatic rings. The lowest BCUT2D eigenvalue weighted by Gasteiger charge is -2.38. The fraction of sp³-hybridized carbons (Fsp3) is 0.577. The Balaban J connectivity index is 1.25. The SMILES string of the molecule is C[C@@H]1C[C@@H](O)c2ncnc(N3CCN(C(=O)[C@H](CCN[C@H]4CCNC4)c4ccc(Cl)cc4)CC3)c21. The minimum atomic E-state index is -0.515. The fourth-order valence-electron chi connectivity index (χ4n) is 5.70. The first-order valence-corrected chi connectivity index (χ1v) is 13.1. The highest BCUT2D eigenvalue weighted by atomic mass is 35.5. The molecule has 9 heteroatoms. The number of piperazine rings is 1. The van der Waals surface area contributed by atoms with E-state index in [0.29, 0.717) is 30.6 Å². The van der Waals surface area contributed by atoms with Crippen molar-refractivity contribution in [2.75, 3.05) is 50.7 Å². The number of aliphatic hydroxyl groups excluding tert-OH is 1. The lowest BCUT2D eigenvalue weighted by Crippen LogP contribution is -2.50. The van der Waals surface area contributed by atoms with Crippen molar-refractivity contribution in [3.63, 3.8) is 0 Å². The Kier molecular flexibility index (Phi) is 7.53. The number of hydrogen-bond donors (Lipinski definition) is 3. The van der Waals surface area contributed by atoms with Crippen LogP contribution in [0.2, 0.25) is 5.02 Å². The highest BCUT2D eigenvalue weighted by molar-refractivity contribution is 6.30. The van der Waals surface area contributed by atoms with E-state index in [-0.39, 0.29) is 17.7 Å². The molecule has 0 radical (unpaired) electrons. The van der Waals surface area contributed by atoms with Crippen molar-refractivity contribution < 1.29 is 9.90 Å². The van der Waals surface area contributed by atoms with Gasteiger partial charge in [0, 0.05) is 49.4 Å². The zero-order chi connectivity index (χ0) is 24.4. The molecule has 4 atom stereocenters. The van der Waals surface area contributed by atoms with Crippen LogP contribution >= 0.6 is 11.6 Å². The summed E-state index contributed by atoms with van der Waals surface area (Å²) in [6.45, 7) is 7.71. The number of fused-ring (bicyclic) bond motifs is 1. The Hall–Kier alpha value is -2.26. The largest absolute Gasteiger partial charge is 0.387 e. The molecule has 1 aromatic carbocycles. The number of benzene rings is 1. The van der Waals surface area contributed by atoms with Crippen LogP contribution in [0, 0.1) is 0 Å². The summed E-state index contributed by atoms with van der Waals surface area (Å²) in [7, 11) is 0. The van der Waals surface area contributed by atoms with Crippen LogP contribution in [0.3, 0.4) is 0 Å². The molecular weight excluding hydrogens is 464 g/mol. The summed E-state index contributed by atoms with van der Waals surface area (Å²) in [5.74, 6) is 1.12. The van der Waals surface area contributed by atoms with Crippen LogP contribution in [0.25, 0.3) is 0 Å². The molecule has 0 saturated carbocycles. The molecule has 0 bridgehead atoms. The van der Waals surface area contributed by atoms with Crippen LogP contribution in [0.1, 0.15) is 60.9 Å². The summed E-state index contributed by atoms with van der Waals surface area (Å²) >= 11 is 6.12. The molecule has 5 rings (SSSR count). The number of anilines is 1. The van der Waals surface area contributed by atoms with Crippen molar-refractivity contribution in [1.82, 2.24) is 25.5 Å². The lowest BCUT2D eigenvalue weighted by molar-refractivity contribution is -0.133. The van der Waals surface area contributed by atoms with Crippen molar-refractivity contribution in [1.29, 1.82) is 0 Å². The summed E-state index contributed by atoms with van der Waals surface area (Å²) < 4.78 is 0. The van der Waals surface area contributed by atoms with E-state index in [1.54, 1.807) is 6.33 Å². The quantitative estimate of drug-likeness (QED) is 0.540. The standard InChI is InChI=1S/C26H35ClN6O2/c1-17-14-22(34)24-23(17)25(31-16-30-24)32-10-12-33(13-11-32)26(35)21(18-2-4-19(27)5-3-18)7-9-29-20-6-8-28-15-20/h2-5,16-17,20-22,28-29,34H,6-15H2,1H3/t17-,20+,21-,22-/m1/s1. The van der Waals surface area contributed by atoms with Gasteiger partial charge in [-0.1, -0.05) is 30.7 Å². The molecule has 35 heavy (non-hydrogen) atoms. The van der Waals surface area contributed by atoms with Crippen LogP contribution < -0.4 is 15.5 Å². The molecule has 8 nitrogen and oxygen atoms in total. The van der Waals surface area contributed by atoms with Crippen LogP contribution in [0.15, 0.2) is 30.6 Å². The molecule has 2 fully saturated rings. The molecule has 1 aliphatic carbocycles. The number of rotatable bonds is 7. The van der Waals surface area contributed by atoms with Crippen molar-refractivity contribution >= 4 is 23.3 Å². The predicted molar refractivity (Wildman–Crippen MR) is 137 cm³/mol. The average molecular weight is 499 g/mol. The smallest absolute Gasteiger partial charge is 0.230 e. The number of nitrogens with one attached hydrogen (secondary N) is 2. The first-order valence-electron chi connectivity index (χ1n) is 12.8. The molecule has 1 amide bonds. The molecular formula is C26H35ClN6O2. The number of carbonyl (C=O) groups excluding carboxylic acids is 1. The van der Waals surface area contributed by atoms with Gasteiger partial charge in [0.2, 0.25) is 5.91 Å². The number of nitrogens with zero attached hydrogens (tertiary/aromatic N) is 4. The molecule has 3 aliphatic rings. The van der Waals surface area contributed by atoms with Gasteiger partial charge in [0.05, 0.1) is 17.7 Å². The zero-order valence-electron chi connectivity index (χ0n) is 20.3. The van der Waals surface area contributed by atoms with Crippen molar-refractivity contribution in [3.8, 4) is 0 Å². The minimum absolute atomic E-state index is 0.176. The number of halogens is 1. The van der Waals surface area contributed by atoms with E-state index in [9.17, 15) is 9.90 Å². The predicted octanol–water partition coefficient (Wildman–Crippen LogP) is 2.44. The maximum Gasteiger partial charge on any atom is 0.230 e. The van der Waals surface area contributed by atoms with Crippen LogP contribution in [0.4, 0.5) is 5.82 Å². The molecule has 3 heterocycles. The summed E-state index contributed by atoms with van der Waals surface area (Å²) in [5, 5.41) is 18.0. The van der Waals surface area contributed by atoms with Gasteiger partial charge in [-0.3, -0.25) is 4.79 Å². The summed E-state index contributed by atoms with van der Waals surface area (Å²) in [6.07, 6.45) is 3.61. The summed E-state index contributed by atoms with van der Waals surface area (Å²) in [4.78, 5) is 26.9. The van der Waals surface area contributed by atoms with Crippen molar-refractivity contribution in [2.24, 2.45) is 0 Å². The topological polar surface area (TPSA) is 93.6 Å². The third kappa shape index (κ3) is 5.31. The summed E-state index contributed by atoms with van der Waals surface area (Å²) in [5.41, 5.74) is 2.84. The Bertz CT molecular complexity index is 1020. The molecule has 0 spiro atoms. The molecule has 1 aromatic heterocycles. The minimum Gasteiger partial charge on any atom is -0.387 e. The third-order valence-corrected chi connectivity index (χ3v) is 7.92. The first kappa shape index (κ1) is 24.4. The number of aliphatic hydroxyl groups is 1. The van der Waals surface area contributed by atoms with Gasteiger partial charge in [-0.25, -0.2) is 9.97 Å². The summed E-state index contributed by atoms with van der Waals surface area (Å²) in [6, 6.07) is 8.18. The van der Waals surface area contributed by atoms with E-state index in [1.807, 2.05) is 29.2 Å². The molecule has 188 valence electrons. The third-order valence-electron chi connectivity index (χ3n) is 7.67. The molecule has 3 N–H and O–H groups in total. The number of amides is 1. The highest BCUT2D eigenvalue weighted by Crippen LogP contribution is 2.42. The Labute approximate surface area is 212 Å². The first-order chi connectivity index (χ1) is 17.0. The van der Waals surface area contributed by atoms with Crippen LogP contribution in [-0.2, 0) is 4.79 Å². The van der Waals surface area contributed by atoms with Crippen molar-refractivity contribution in [3.05, 3.63) is 52.4 Å². The lowest BCUT2D eigenvalue weighted by atomic mass is 9.93. The average Bonchev–Trinajstić information content (AvgIpc) is 3.50. The fourth-order valence-corrected chi connectivity index (χ4v) is 5.83. The van der Waals surface area contributed by atoms with E-state index in [0.717, 1.165) is 68.2 Å². The zero-order valence-corrected chi connectivity index (χ0v) is 21.0. The van der Waals surface area contributed by atoms with Gasteiger partial charge in [-0.15, -0.1) is 0 Å². The van der Waals surface area contributed by atoms with E-state index in [4.69, 9.17) is 11.6 Å². The van der Waals surface area contributed by atoms with Gasteiger partial charge in [-0.2, -0.15) is 0 Å². The van der Waals surface area contributed by atoms with Gasteiger partial charge < -0.3 is 25.5 Å². The maximum absolute atomic E-state index is 13.7. The van der Waals surface area contributed by atoms with Gasteiger partial charge in [0.15, 0.2) is 0 Å². The van der Waals surface area contributed by atoms with Gasteiger partial charge in [0.1, 0.15) is 12.1 Å². The number of aromatic nitrogens is 2. The Morgan fingerprint density at radius 3 is 2.71 bits per heavy atom. The second kappa shape index (κ2) is 10.8. The van der Waals surface area contributed by atoms with Crippen molar-refractivity contribution in [2.45, 2.75) is 50.2 Å². The highest BCUT2D eigenvalue weighted by Gasteiger charge is 2.35. The molecule has 2 aliphatic heterocycles. The second-order valence-corrected chi connectivity index (χ2v) is 10.4. The van der Waals surface area contributed by atoms with Crippen LogP contribution in [0.5, 0.6) is 0 Å². The second-order valence-electron chi connectivity index (χ2n) is 10.00. The monoisotopic (exact) mass is 498 g/mol. The van der Waals surface area contributed by atoms with Gasteiger partial charge >= 0.3 is 0 Å². The van der Waals surface area contributed by atoms with Crippen LogP contribution in [-0.4, -0.2) is 77.7 Å². The van der Waals surface area contributed by atoms with Gasteiger partial charge in [-0.05, 0) is 56.0 Å². The number of hydrogen-bond acceptors (Lipinski definition) is 7. The maximum atomic E-state index is 13.7. The molecule has 2 saturated heterocycles. The van der Waals surface area contributed by atoms with E-state index >= 15 is 0 Å². The van der Waals surface area contributed by atoms with E-state index in [2.05, 4.69) is 32.4 Å². The van der Waals surface area contributed by atoms with E-state index < -0.39 is 6.10 Å². The Morgan fingerprint density at radius 2 is 2.00 bits per heavy atom. The number of carbonyl (C=O) groups is 1. The molecule has 0 unspecified atom stereocenters.